The fourth-order valence-corrected chi connectivity index (χ4v) is 4.10. The third-order valence-electron chi connectivity index (χ3n) is 4.89. The molecule has 144 valence electrons. The van der Waals surface area contributed by atoms with Gasteiger partial charge in [0.1, 0.15) is 5.58 Å². The largest absolute Gasteiger partial charge is 0.464 e. The number of rotatable bonds is 3. The molecule has 6 nitrogen and oxygen atoms in total. The maximum Gasteiger partial charge on any atom is 0.290 e. The van der Waals surface area contributed by atoms with Crippen LogP contribution in [0, 0.1) is 0 Å². The van der Waals surface area contributed by atoms with Gasteiger partial charge >= 0.3 is 0 Å². The van der Waals surface area contributed by atoms with Crippen molar-refractivity contribution >= 4 is 51.9 Å². The molecule has 7 heteroatoms. The van der Waals surface area contributed by atoms with Crippen LogP contribution in [0.2, 0.25) is 0 Å². The third-order valence-corrected chi connectivity index (χ3v) is 5.70. The molecule has 2 aliphatic heterocycles. The molecule has 0 bridgehead atoms. The number of carbonyl (C=O) groups is 3. The van der Waals surface area contributed by atoms with E-state index in [1.807, 2.05) is 23.1 Å². The summed E-state index contributed by atoms with van der Waals surface area (Å²) in [5.41, 5.74) is 2.29. The van der Waals surface area contributed by atoms with Crippen molar-refractivity contribution in [1.29, 1.82) is 0 Å². The van der Waals surface area contributed by atoms with E-state index in [2.05, 4.69) is 5.32 Å². The van der Waals surface area contributed by atoms with Gasteiger partial charge in [-0.15, -0.1) is 0 Å². The van der Waals surface area contributed by atoms with Crippen molar-refractivity contribution in [3.8, 4) is 0 Å². The predicted octanol–water partition coefficient (Wildman–Crippen LogP) is 4.17. The zero-order valence-electron chi connectivity index (χ0n) is 15.3. The number of nitrogens with zero attached hydrogens (tertiary/aromatic N) is 1. The first kappa shape index (κ1) is 18.6. The number of likely N-dealkylation sites (tertiary alicyclic amines) is 1. The smallest absolute Gasteiger partial charge is 0.290 e. The molecule has 1 aromatic carbocycles. The summed E-state index contributed by atoms with van der Waals surface area (Å²) in [6, 6.07) is 5.53. The standard InChI is InChI=1S/C21H20N2O4S/c24-19(23-9-3-1-2-4-10-23)8-6-15-13-27-17-7-5-14(11-16(15)17)12-18-20(25)22-21(26)28-18/h5-8,11-13H,1-4,9-10H2,(H,22,25,26). The number of amides is 3. The minimum absolute atomic E-state index is 0.0204. The van der Waals surface area contributed by atoms with E-state index in [1.165, 1.54) is 12.8 Å². The summed E-state index contributed by atoms with van der Waals surface area (Å²) >= 11 is 0.886. The second-order valence-electron chi connectivity index (χ2n) is 6.87. The summed E-state index contributed by atoms with van der Waals surface area (Å²) < 4.78 is 5.57. The summed E-state index contributed by atoms with van der Waals surface area (Å²) in [7, 11) is 0. The van der Waals surface area contributed by atoms with Gasteiger partial charge in [0.25, 0.3) is 11.1 Å². The Labute approximate surface area is 166 Å². The Hall–Kier alpha value is -2.80. The predicted molar refractivity (Wildman–Crippen MR) is 109 cm³/mol. The summed E-state index contributed by atoms with van der Waals surface area (Å²) in [4.78, 5) is 37.8. The van der Waals surface area contributed by atoms with Crippen molar-refractivity contribution < 1.29 is 18.8 Å². The minimum Gasteiger partial charge on any atom is -0.464 e. The van der Waals surface area contributed by atoms with Crippen LogP contribution in [0.3, 0.4) is 0 Å². The molecule has 0 saturated carbocycles. The lowest BCUT2D eigenvalue weighted by Gasteiger charge is -2.17. The van der Waals surface area contributed by atoms with Crippen molar-refractivity contribution in [2.45, 2.75) is 25.7 Å². The van der Waals surface area contributed by atoms with Crippen LogP contribution in [-0.2, 0) is 9.59 Å². The van der Waals surface area contributed by atoms with E-state index < -0.39 is 0 Å². The number of fused-ring (bicyclic) bond motifs is 1. The first-order valence-corrected chi connectivity index (χ1v) is 10.1. The molecule has 1 aromatic heterocycles. The van der Waals surface area contributed by atoms with Gasteiger partial charge in [-0.2, -0.15) is 0 Å². The van der Waals surface area contributed by atoms with Crippen molar-refractivity contribution in [2.75, 3.05) is 13.1 Å². The highest BCUT2D eigenvalue weighted by atomic mass is 32.2. The summed E-state index contributed by atoms with van der Waals surface area (Å²) in [5, 5.41) is 2.73. The number of thioether (sulfide) groups is 1. The SMILES string of the molecule is O=C1NC(=O)C(=Cc2ccc3occ(C=CC(=O)N4CCCCCC4)c3c2)S1. The number of carbonyl (C=O) groups excluding carboxylic acids is 3. The number of hydrogen-bond acceptors (Lipinski definition) is 5. The molecular formula is C21H20N2O4S. The van der Waals surface area contributed by atoms with Gasteiger partial charge in [-0.1, -0.05) is 18.9 Å². The Kier molecular flexibility index (Phi) is 5.34. The summed E-state index contributed by atoms with van der Waals surface area (Å²) in [6.45, 7) is 1.62. The minimum atomic E-state index is -0.384. The highest BCUT2D eigenvalue weighted by Gasteiger charge is 2.25. The van der Waals surface area contributed by atoms with Crippen LogP contribution >= 0.6 is 11.8 Å². The van der Waals surface area contributed by atoms with Gasteiger partial charge in [0.2, 0.25) is 5.91 Å². The average Bonchev–Trinajstić information content (AvgIpc) is 3.08. The Morgan fingerprint density at radius 1 is 1.14 bits per heavy atom. The first-order chi connectivity index (χ1) is 13.6. The summed E-state index contributed by atoms with van der Waals surface area (Å²) in [6.07, 6.45) is 11.1. The lowest BCUT2D eigenvalue weighted by molar-refractivity contribution is -0.125. The van der Waals surface area contributed by atoms with Crippen molar-refractivity contribution in [1.82, 2.24) is 10.2 Å². The van der Waals surface area contributed by atoms with E-state index in [1.54, 1.807) is 24.5 Å². The van der Waals surface area contributed by atoms with Gasteiger partial charge in [0, 0.05) is 30.1 Å². The molecule has 3 heterocycles. The van der Waals surface area contributed by atoms with E-state index in [0.29, 0.717) is 10.5 Å². The van der Waals surface area contributed by atoms with E-state index in [9.17, 15) is 14.4 Å². The molecule has 0 unspecified atom stereocenters. The van der Waals surface area contributed by atoms with Crippen molar-refractivity contribution in [2.24, 2.45) is 0 Å². The lowest BCUT2D eigenvalue weighted by atomic mass is 10.1. The zero-order chi connectivity index (χ0) is 19.5. The fourth-order valence-electron chi connectivity index (χ4n) is 3.42. The molecule has 3 amide bonds. The number of benzene rings is 1. The highest BCUT2D eigenvalue weighted by Crippen LogP contribution is 2.28. The summed E-state index contributed by atoms with van der Waals surface area (Å²) in [5.74, 6) is -0.363. The van der Waals surface area contributed by atoms with Crippen LogP contribution in [0.1, 0.15) is 36.8 Å². The molecule has 1 N–H and O–H groups in total. The number of nitrogens with one attached hydrogen (secondary N) is 1. The molecular weight excluding hydrogens is 376 g/mol. The molecule has 2 aromatic rings. The number of furan rings is 1. The average molecular weight is 396 g/mol. The molecule has 2 aliphatic rings. The highest BCUT2D eigenvalue weighted by molar-refractivity contribution is 8.18. The second-order valence-corrected chi connectivity index (χ2v) is 7.89. The molecule has 0 aliphatic carbocycles. The van der Waals surface area contributed by atoms with E-state index in [-0.39, 0.29) is 17.1 Å². The van der Waals surface area contributed by atoms with Gasteiger partial charge in [-0.3, -0.25) is 19.7 Å². The number of hydrogen-bond donors (Lipinski definition) is 1. The quantitative estimate of drug-likeness (QED) is 0.788. The van der Waals surface area contributed by atoms with Crippen LogP contribution < -0.4 is 5.32 Å². The fraction of sp³-hybridized carbons (Fsp3) is 0.286. The Morgan fingerprint density at radius 3 is 2.64 bits per heavy atom. The van der Waals surface area contributed by atoms with Crippen molar-refractivity contribution in [3.63, 3.8) is 0 Å². The first-order valence-electron chi connectivity index (χ1n) is 9.33. The molecule has 0 radical (unpaired) electrons. The molecule has 0 atom stereocenters. The van der Waals surface area contributed by atoms with Crippen LogP contribution in [0.5, 0.6) is 0 Å². The van der Waals surface area contributed by atoms with Gasteiger partial charge in [-0.05, 0) is 54.5 Å². The molecule has 2 fully saturated rings. The van der Waals surface area contributed by atoms with Gasteiger partial charge in [0.15, 0.2) is 0 Å². The normalized spacial score (nSPS) is 19.6. The third kappa shape index (κ3) is 4.04. The number of imide groups is 1. The topological polar surface area (TPSA) is 79.6 Å². The van der Waals surface area contributed by atoms with Crippen LogP contribution in [0.15, 0.2) is 39.9 Å². The molecule has 2 saturated heterocycles. The van der Waals surface area contributed by atoms with Gasteiger partial charge < -0.3 is 9.32 Å². The van der Waals surface area contributed by atoms with E-state index in [0.717, 1.165) is 54.2 Å². The monoisotopic (exact) mass is 396 g/mol. The molecule has 4 rings (SSSR count). The van der Waals surface area contributed by atoms with Gasteiger partial charge in [0.05, 0.1) is 11.2 Å². The maximum absolute atomic E-state index is 12.5. The Bertz CT molecular complexity index is 997. The maximum atomic E-state index is 12.5. The van der Waals surface area contributed by atoms with Crippen molar-refractivity contribution in [3.05, 3.63) is 46.6 Å². The molecule has 28 heavy (non-hydrogen) atoms. The van der Waals surface area contributed by atoms with Crippen LogP contribution in [-0.4, -0.2) is 35.0 Å². The Morgan fingerprint density at radius 2 is 1.93 bits per heavy atom. The lowest BCUT2D eigenvalue weighted by Crippen LogP contribution is -2.30. The van der Waals surface area contributed by atoms with Crippen LogP contribution in [0.25, 0.3) is 23.1 Å². The van der Waals surface area contributed by atoms with Crippen LogP contribution in [0.4, 0.5) is 4.79 Å². The molecule has 0 spiro atoms. The zero-order valence-corrected chi connectivity index (χ0v) is 16.1. The van der Waals surface area contributed by atoms with E-state index in [4.69, 9.17) is 4.42 Å². The van der Waals surface area contributed by atoms with E-state index >= 15 is 0 Å². The Balaban J connectivity index is 1.56. The van der Waals surface area contributed by atoms with Gasteiger partial charge in [-0.25, -0.2) is 0 Å². The second kappa shape index (κ2) is 8.06.